The number of nitrogens with zero attached hydrogens (tertiary/aromatic N) is 2. The number of anilines is 2. The van der Waals surface area contributed by atoms with Crippen LogP contribution in [0.3, 0.4) is 0 Å². The average Bonchev–Trinajstić information content (AvgIpc) is 3.55. The van der Waals surface area contributed by atoms with E-state index in [0.717, 1.165) is 28.1 Å². The van der Waals surface area contributed by atoms with Crippen LogP contribution in [0.5, 0.6) is 0 Å². The van der Waals surface area contributed by atoms with Crippen molar-refractivity contribution in [1.82, 2.24) is 10.3 Å². The summed E-state index contributed by atoms with van der Waals surface area (Å²) in [6.07, 6.45) is 1.74. The number of carboxylic acid groups (broad SMARTS) is 1. The van der Waals surface area contributed by atoms with Gasteiger partial charge in [-0.1, -0.05) is 12.1 Å². The van der Waals surface area contributed by atoms with Crippen LogP contribution in [-0.4, -0.2) is 40.8 Å². The third-order valence-corrected chi connectivity index (χ3v) is 7.11. The zero-order valence-electron chi connectivity index (χ0n) is 22.2. The second kappa shape index (κ2) is 11.3. The van der Waals surface area contributed by atoms with Gasteiger partial charge < -0.3 is 29.8 Å². The number of aromatic nitrogens is 1. The van der Waals surface area contributed by atoms with E-state index in [1.807, 2.05) is 67.3 Å². The zero-order chi connectivity index (χ0) is 28.4. The van der Waals surface area contributed by atoms with Gasteiger partial charge in [-0.05, 0) is 91.8 Å². The molecule has 3 heterocycles. The number of nitrogens with one attached hydrogen (secondary N) is 2. The molecule has 1 amide bonds. The van der Waals surface area contributed by atoms with Crippen molar-refractivity contribution in [2.24, 2.45) is 0 Å². The number of hydrogen-bond acceptors (Lipinski definition) is 6. The van der Waals surface area contributed by atoms with Gasteiger partial charge in [0.1, 0.15) is 24.2 Å². The smallest absolute Gasteiger partial charge is 0.335 e. The van der Waals surface area contributed by atoms with Crippen LogP contribution in [0.25, 0.3) is 11.3 Å². The molecule has 0 aliphatic carbocycles. The molecule has 4 aromatic rings. The Morgan fingerprint density at radius 1 is 1.10 bits per heavy atom. The molecule has 1 saturated heterocycles. The molecule has 0 spiro atoms. The zero-order valence-corrected chi connectivity index (χ0v) is 23.0. The predicted molar refractivity (Wildman–Crippen MR) is 155 cm³/mol. The van der Waals surface area contributed by atoms with Crippen LogP contribution in [0.15, 0.2) is 77.3 Å². The molecule has 0 unspecified atom stereocenters. The quantitative estimate of drug-likeness (QED) is 0.245. The summed E-state index contributed by atoms with van der Waals surface area (Å²) in [6, 6.07) is 19.5. The Morgan fingerprint density at radius 3 is 2.60 bits per heavy atom. The van der Waals surface area contributed by atoms with Gasteiger partial charge in [-0.15, -0.1) is 0 Å². The third-order valence-electron chi connectivity index (χ3n) is 6.79. The highest BCUT2D eigenvalue weighted by molar-refractivity contribution is 7.80. The summed E-state index contributed by atoms with van der Waals surface area (Å²) in [6.45, 7) is 3.74. The summed E-state index contributed by atoms with van der Waals surface area (Å²) in [5, 5.41) is 16.1. The molecule has 3 N–H and O–H groups in total. The van der Waals surface area contributed by atoms with Crippen LogP contribution in [0.2, 0.25) is 0 Å². The highest BCUT2D eigenvalue weighted by atomic mass is 32.1. The first-order valence-corrected chi connectivity index (χ1v) is 13.0. The Hall–Kier alpha value is -4.54. The van der Waals surface area contributed by atoms with E-state index in [1.165, 1.54) is 7.11 Å². The normalized spacial score (nSPS) is 16.6. The predicted octanol–water partition coefficient (Wildman–Crippen LogP) is 5.42. The van der Waals surface area contributed by atoms with E-state index in [2.05, 4.69) is 15.6 Å². The molecule has 1 fully saturated rings. The van der Waals surface area contributed by atoms with Gasteiger partial charge in [0.2, 0.25) is 5.91 Å². The monoisotopic (exact) mass is 556 g/mol. The van der Waals surface area contributed by atoms with Crippen LogP contribution in [0.1, 0.15) is 45.0 Å². The number of hydrogen-bond donors (Lipinski definition) is 3. The molecular weight excluding hydrogens is 528 g/mol. The Bertz CT molecular complexity index is 1590. The van der Waals surface area contributed by atoms with Crippen LogP contribution in [0.4, 0.5) is 11.4 Å². The molecule has 0 bridgehead atoms. The van der Waals surface area contributed by atoms with E-state index in [-0.39, 0.29) is 30.2 Å². The van der Waals surface area contributed by atoms with E-state index >= 15 is 0 Å². The lowest BCUT2D eigenvalue weighted by Gasteiger charge is -2.27. The SMILES string of the molecule is COCC(=O)Nc1ccc(N2C(=S)N[C@H](c3ccccn3)[C@@H]2c2ccc(-c3ccc(C(=O)O)cc3C)o2)cc1C. The fourth-order valence-corrected chi connectivity index (χ4v) is 5.25. The molecule has 2 aromatic carbocycles. The molecular formula is C30H28N4O5S. The number of carbonyl (C=O) groups is 2. The molecule has 40 heavy (non-hydrogen) atoms. The van der Waals surface area contributed by atoms with Gasteiger partial charge in [0.15, 0.2) is 5.11 Å². The van der Waals surface area contributed by atoms with E-state index in [1.54, 1.807) is 24.4 Å². The largest absolute Gasteiger partial charge is 0.478 e. The van der Waals surface area contributed by atoms with Gasteiger partial charge >= 0.3 is 5.97 Å². The van der Waals surface area contributed by atoms with E-state index in [4.69, 9.17) is 21.4 Å². The minimum Gasteiger partial charge on any atom is -0.478 e. The second-order valence-corrected chi connectivity index (χ2v) is 9.90. The van der Waals surface area contributed by atoms with Crippen molar-refractivity contribution in [3.05, 3.63) is 101 Å². The Balaban J connectivity index is 1.54. The van der Waals surface area contributed by atoms with Crippen molar-refractivity contribution in [2.75, 3.05) is 23.9 Å². The van der Waals surface area contributed by atoms with Crippen molar-refractivity contribution < 1.29 is 23.8 Å². The van der Waals surface area contributed by atoms with E-state index < -0.39 is 5.97 Å². The van der Waals surface area contributed by atoms with Crippen molar-refractivity contribution >= 4 is 40.6 Å². The molecule has 1 aliphatic rings. The number of thiocarbonyl (C=S) groups is 1. The highest BCUT2D eigenvalue weighted by Gasteiger charge is 2.42. The van der Waals surface area contributed by atoms with Crippen LogP contribution in [0, 0.1) is 13.8 Å². The Kier molecular flexibility index (Phi) is 7.63. The second-order valence-electron chi connectivity index (χ2n) is 9.51. The molecule has 10 heteroatoms. The first-order chi connectivity index (χ1) is 19.3. The fraction of sp³-hybridized carbons (Fsp3) is 0.200. The van der Waals surface area contributed by atoms with E-state index in [0.29, 0.717) is 22.3 Å². The van der Waals surface area contributed by atoms with E-state index in [9.17, 15) is 14.7 Å². The summed E-state index contributed by atoms with van der Waals surface area (Å²) < 4.78 is 11.4. The summed E-state index contributed by atoms with van der Waals surface area (Å²) >= 11 is 5.82. The average molecular weight is 557 g/mol. The number of aromatic carboxylic acids is 1. The molecule has 9 nitrogen and oxygen atoms in total. The maximum Gasteiger partial charge on any atom is 0.335 e. The highest BCUT2D eigenvalue weighted by Crippen LogP contribution is 2.43. The first-order valence-electron chi connectivity index (χ1n) is 12.6. The first kappa shape index (κ1) is 27.0. The van der Waals surface area contributed by atoms with Crippen LogP contribution < -0.4 is 15.5 Å². The number of rotatable bonds is 8. The Labute approximate surface area is 236 Å². The Morgan fingerprint density at radius 2 is 1.93 bits per heavy atom. The standard InChI is InChI=1S/C30H28N4O5S/c1-17-14-19(29(36)37)7-9-21(17)24-11-12-25(39-24)28-27(23-6-4-5-13-31-23)33-30(40)34(28)20-8-10-22(18(2)15-20)32-26(35)16-38-3/h4-15,27-28H,16H2,1-3H3,(H,32,35)(H,33,40)(H,36,37)/t27-,28+/m1/s1. The van der Waals surface area contributed by atoms with Gasteiger partial charge in [0, 0.05) is 30.2 Å². The van der Waals surface area contributed by atoms with Crippen molar-refractivity contribution in [3.8, 4) is 11.3 Å². The molecule has 2 atom stereocenters. The number of aryl methyl sites for hydroxylation is 2. The fourth-order valence-electron chi connectivity index (χ4n) is 4.91. The minimum absolute atomic E-state index is 0.0332. The number of carboxylic acids is 1. The number of carbonyl (C=O) groups excluding carboxylic acids is 1. The maximum absolute atomic E-state index is 12.1. The maximum atomic E-state index is 12.1. The summed E-state index contributed by atoms with van der Waals surface area (Å²) in [4.78, 5) is 30.0. The number of benzene rings is 2. The van der Waals surface area contributed by atoms with Crippen LogP contribution in [-0.2, 0) is 9.53 Å². The number of amides is 1. The number of ether oxygens (including phenoxy) is 1. The molecule has 5 rings (SSSR count). The molecule has 0 saturated carbocycles. The summed E-state index contributed by atoms with van der Waals surface area (Å²) in [5.74, 6) is 0.0672. The number of methoxy groups -OCH3 is 1. The molecule has 0 radical (unpaired) electrons. The van der Waals surface area contributed by atoms with Gasteiger partial charge in [0.25, 0.3) is 0 Å². The van der Waals surface area contributed by atoms with Crippen molar-refractivity contribution in [3.63, 3.8) is 0 Å². The van der Waals surface area contributed by atoms with Gasteiger partial charge in [-0.25, -0.2) is 4.79 Å². The van der Waals surface area contributed by atoms with Gasteiger partial charge in [0.05, 0.1) is 17.3 Å². The third kappa shape index (κ3) is 5.31. The van der Waals surface area contributed by atoms with Crippen molar-refractivity contribution in [2.45, 2.75) is 25.9 Å². The summed E-state index contributed by atoms with van der Waals surface area (Å²) in [7, 11) is 1.47. The van der Waals surface area contributed by atoms with Gasteiger partial charge in [-0.2, -0.15) is 0 Å². The van der Waals surface area contributed by atoms with Crippen molar-refractivity contribution in [1.29, 1.82) is 0 Å². The number of furan rings is 1. The van der Waals surface area contributed by atoms with Gasteiger partial charge in [-0.3, -0.25) is 9.78 Å². The lowest BCUT2D eigenvalue weighted by molar-refractivity contribution is -0.119. The number of pyridine rings is 1. The summed E-state index contributed by atoms with van der Waals surface area (Å²) in [5.41, 5.74) is 4.98. The molecule has 2 aromatic heterocycles. The molecule has 1 aliphatic heterocycles. The topological polar surface area (TPSA) is 117 Å². The molecule has 204 valence electrons. The van der Waals surface area contributed by atoms with Crippen LogP contribution >= 0.6 is 12.2 Å². The lowest BCUT2D eigenvalue weighted by atomic mass is 10.0. The lowest BCUT2D eigenvalue weighted by Crippen LogP contribution is -2.29. The minimum atomic E-state index is -0.978.